The predicted octanol–water partition coefficient (Wildman–Crippen LogP) is 4.55. The van der Waals surface area contributed by atoms with Gasteiger partial charge in [0.25, 0.3) is 0 Å². The second-order valence-electron chi connectivity index (χ2n) is 9.29. The Morgan fingerprint density at radius 3 is 2.23 bits per heavy atom. The monoisotopic (exact) mass is 496 g/mol. The quantitative estimate of drug-likeness (QED) is 0.470. The number of fused-ring (bicyclic) bond motifs is 3. The highest BCUT2D eigenvalue weighted by Crippen LogP contribution is 2.44. The van der Waals surface area contributed by atoms with Gasteiger partial charge in [-0.05, 0) is 53.0 Å². The molecule has 3 N–H and O–H groups in total. The second-order valence-corrected chi connectivity index (χ2v) is 10.5. The molecular weight excluding hydrogens is 464 g/mol. The van der Waals surface area contributed by atoms with Crippen LogP contribution in [0, 0.1) is 0 Å². The molecule has 0 aromatic heterocycles. The zero-order valence-electron chi connectivity index (χ0n) is 19.9. The minimum absolute atomic E-state index is 0.0310. The van der Waals surface area contributed by atoms with Gasteiger partial charge in [-0.25, -0.2) is 4.79 Å². The molecule has 1 aliphatic carbocycles. The number of benzene rings is 2. The number of rotatable bonds is 9. The fraction of sp³-hybridized carbons (Fsp3) is 0.444. The van der Waals surface area contributed by atoms with Gasteiger partial charge in [0.2, 0.25) is 5.91 Å². The number of ether oxygens (including phenoxy) is 1. The van der Waals surface area contributed by atoms with E-state index in [2.05, 4.69) is 34.9 Å². The molecule has 1 atom stereocenters. The predicted molar refractivity (Wildman–Crippen MR) is 137 cm³/mol. The van der Waals surface area contributed by atoms with E-state index in [1.807, 2.05) is 31.2 Å². The number of alkyl carbamates (subject to hydrolysis) is 1. The normalized spacial score (nSPS) is 17.1. The van der Waals surface area contributed by atoms with Crippen LogP contribution in [0.2, 0.25) is 0 Å². The maximum absolute atomic E-state index is 12.8. The Morgan fingerprint density at radius 1 is 1.06 bits per heavy atom. The summed E-state index contributed by atoms with van der Waals surface area (Å²) in [4.78, 5) is 36.8. The summed E-state index contributed by atoms with van der Waals surface area (Å²) in [5, 5.41) is 15.1. The lowest BCUT2D eigenvalue weighted by molar-refractivity contribution is -0.139. The van der Waals surface area contributed by atoms with Crippen LogP contribution in [0.15, 0.2) is 48.5 Å². The highest BCUT2D eigenvalue weighted by atomic mass is 32.2. The van der Waals surface area contributed by atoms with E-state index in [1.54, 1.807) is 11.8 Å². The third-order valence-electron chi connectivity index (χ3n) is 6.93. The third kappa shape index (κ3) is 5.99. The van der Waals surface area contributed by atoms with Crippen LogP contribution in [0.1, 0.15) is 56.1 Å². The molecule has 2 amide bonds. The smallest absolute Gasteiger partial charge is 0.407 e. The molecule has 8 heteroatoms. The van der Waals surface area contributed by atoms with Crippen molar-refractivity contribution in [3.8, 4) is 11.1 Å². The lowest BCUT2D eigenvalue weighted by atomic mass is 9.88. The first-order valence-corrected chi connectivity index (χ1v) is 13.3. The topological polar surface area (TPSA) is 105 Å². The van der Waals surface area contributed by atoms with Gasteiger partial charge >= 0.3 is 12.1 Å². The Labute approximate surface area is 210 Å². The minimum Gasteiger partial charge on any atom is -0.481 e. The molecule has 0 saturated carbocycles. The molecule has 2 aromatic rings. The number of carboxylic acids is 1. The lowest BCUT2D eigenvalue weighted by Gasteiger charge is -2.37. The molecule has 2 aliphatic rings. The van der Waals surface area contributed by atoms with E-state index in [0.29, 0.717) is 19.3 Å². The highest BCUT2D eigenvalue weighted by Gasteiger charge is 2.36. The van der Waals surface area contributed by atoms with Gasteiger partial charge in [0.15, 0.2) is 0 Å². The van der Waals surface area contributed by atoms with E-state index in [1.165, 1.54) is 0 Å². The maximum Gasteiger partial charge on any atom is 0.407 e. The molecule has 186 valence electrons. The van der Waals surface area contributed by atoms with Gasteiger partial charge in [-0.1, -0.05) is 55.5 Å². The largest absolute Gasteiger partial charge is 0.481 e. The molecule has 7 nitrogen and oxygen atoms in total. The van der Waals surface area contributed by atoms with Crippen molar-refractivity contribution in [1.82, 2.24) is 10.6 Å². The van der Waals surface area contributed by atoms with E-state index in [9.17, 15) is 19.5 Å². The third-order valence-corrected chi connectivity index (χ3v) is 7.92. The standard InChI is InChI=1S/C27H32N2O5S/c1-2-18(15-24(30)29-27(16-25(31)32)11-13-35-14-12-27)28-26(33)34-17-23-21-9-5-3-7-19(21)20-8-4-6-10-22(20)23/h3-10,18,23H,2,11-17H2,1H3,(H,28,33)(H,29,30)(H,31,32)/t18-/m1/s1. The number of carboxylic acid groups (broad SMARTS) is 1. The van der Waals surface area contributed by atoms with Gasteiger partial charge in [-0.15, -0.1) is 0 Å². The summed E-state index contributed by atoms with van der Waals surface area (Å²) in [6.07, 6.45) is 1.25. The van der Waals surface area contributed by atoms with Gasteiger partial charge < -0.3 is 20.5 Å². The number of aliphatic carboxylic acids is 1. The molecule has 2 aromatic carbocycles. The molecule has 1 saturated heterocycles. The van der Waals surface area contributed by atoms with Crippen LogP contribution >= 0.6 is 11.8 Å². The summed E-state index contributed by atoms with van der Waals surface area (Å²) >= 11 is 1.77. The Balaban J connectivity index is 1.33. The van der Waals surface area contributed by atoms with Crippen molar-refractivity contribution in [2.45, 2.75) is 56.5 Å². The average molecular weight is 497 g/mol. The van der Waals surface area contributed by atoms with E-state index >= 15 is 0 Å². The molecule has 0 radical (unpaired) electrons. The zero-order valence-corrected chi connectivity index (χ0v) is 20.7. The van der Waals surface area contributed by atoms with Gasteiger partial charge in [-0.3, -0.25) is 9.59 Å². The minimum atomic E-state index is -0.916. The maximum atomic E-state index is 12.8. The van der Waals surface area contributed by atoms with Crippen molar-refractivity contribution in [2.75, 3.05) is 18.1 Å². The van der Waals surface area contributed by atoms with Crippen molar-refractivity contribution < 1.29 is 24.2 Å². The Kier molecular flexibility index (Phi) is 8.00. The van der Waals surface area contributed by atoms with E-state index in [4.69, 9.17) is 4.74 Å². The Morgan fingerprint density at radius 2 is 1.66 bits per heavy atom. The fourth-order valence-electron chi connectivity index (χ4n) is 5.07. The molecule has 4 rings (SSSR count). The summed E-state index contributed by atoms with van der Waals surface area (Å²) in [6.45, 7) is 2.10. The highest BCUT2D eigenvalue weighted by molar-refractivity contribution is 7.99. The average Bonchev–Trinajstić information content (AvgIpc) is 3.16. The molecule has 35 heavy (non-hydrogen) atoms. The van der Waals surface area contributed by atoms with Crippen molar-refractivity contribution in [3.63, 3.8) is 0 Å². The lowest BCUT2D eigenvalue weighted by Crippen LogP contribution is -2.53. The van der Waals surface area contributed by atoms with E-state index in [-0.39, 0.29) is 31.3 Å². The molecule has 1 aliphatic heterocycles. The first-order chi connectivity index (χ1) is 16.9. The molecule has 1 heterocycles. The van der Waals surface area contributed by atoms with Crippen molar-refractivity contribution in [1.29, 1.82) is 0 Å². The molecule has 0 spiro atoms. The number of amides is 2. The van der Waals surface area contributed by atoms with Gasteiger partial charge in [0.1, 0.15) is 6.61 Å². The summed E-state index contributed by atoms with van der Waals surface area (Å²) < 4.78 is 5.61. The van der Waals surface area contributed by atoms with Crippen LogP contribution in [0.5, 0.6) is 0 Å². The molecule has 0 unspecified atom stereocenters. The van der Waals surface area contributed by atoms with Gasteiger partial charge in [0.05, 0.1) is 12.0 Å². The van der Waals surface area contributed by atoms with E-state index < -0.39 is 23.6 Å². The van der Waals surface area contributed by atoms with Crippen LogP contribution in [-0.4, -0.2) is 52.8 Å². The fourth-order valence-corrected chi connectivity index (χ4v) is 6.35. The number of hydrogen-bond acceptors (Lipinski definition) is 5. The van der Waals surface area contributed by atoms with Crippen LogP contribution in [0.3, 0.4) is 0 Å². The van der Waals surface area contributed by atoms with Gasteiger partial charge in [-0.2, -0.15) is 11.8 Å². The number of carbonyl (C=O) groups excluding carboxylic acids is 2. The number of hydrogen-bond donors (Lipinski definition) is 3. The summed E-state index contributed by atoms with van der Waals surface area (Å²) in [6, 6.07) is 15.9. The number of nitrogens with one attached hydrogen (secondary N) is 2. The van der Waals surface area contributed by atoms with Crippen molar-refractivity contribution in [2.24, 2.45) is 0 Å². The van der Waals surface area contributed by atoms with Crippen molar-refractivity contribution in [3.05, 3.63) is 59.7 Å². The summed E-state index contributed by atoms with van der Waals surface area (Å²) in [7, 11) is 0. The van der Waals surface area contributed by atoms with Crippen LogP contribution < -0.4 is 10.6 Å². The molecule has 0 bridgehead atoms. The van der Waals surface area contributed by atoms with Crippen LogP contribution in [0.4, 0.5) is 4.79 Å². The van der Waals surface area contributed by atoms with Gasteiger partial charge in [0, 0.05) is 18.4 Å². The number of thioether (sulfide) groups is 1. The Hall–Kier alpha value is -3.00. The second kappa shape index (κ2) is 11.2. The van der Waals surface area contributed by atoms with Crippen LogP contribution in [-0.2, 0) is 14.3 Å². The zero-order chi connectivity index (χ0) is 24.8. The van der Waals surface area contributed by atoms with Crippen LogP contribution in [0.25, 0.3) is 11.1 Å². The first-order valence-electron chi connectivity index (χ1n) is 12.1. The van der Waals surface area contributed by atoms with Crippen molar-refractivity contribution >= 4 is 29.7 Å². The summed E-state index contributed by atoms with van der Waals surface area (Å²) in [5.41, 5.74) is 3.90. The van der Waals surface area contributed by atoms with E-state index in [0.717, 1.165) is 33.8 Å². The SMILES string of the molecule is CC[C@H](CC(=O)NC1(CC(=O)O)CCSCC1)NC(=O)OCC1c2ccccc2-c2ccccc21. The Bertz CT molecular complexity index is 1040. The number of carbonyl (C=O) groups is 3. The molecular formula is C27H32N2O5S. The molecule has 1 fully saturated rings. The summed E-state index contributed by atoms with van der Waals surface area (Å²) in [5.74, 6) is 0.451. The first kappa shape index (κ1) is 25.1.